The molecule has 0 aliphatic heterocycles. The highest BCUT2D eigenvalue weighted by Gasteiger charge is 2.17. The minimum Gasteiger partial charge on any atom is -0.480 e. The number of amides is 1. The van der Waals surface area contributed by atoms with Crippen LogP contribution in [0.5, 0.6) is 0 Å². The van der Waals surface area contributed by atoms with E-state index in [2.05, 4.69) is 0 Å². The molecule has 0 bridgehead atoms. The van der Waals surface area contributed by atoms with Crippen molar-refractivity contribution in [2.24, 2.45) is 5.73 Å². The molecule has 0 aliphatic carbocycles. The lowest BCUT2D eigenvalue weighted by Gasteiger charge is -2.26. The molecule has 0 saturated heterocycles. The predicted octanol–water partition coefficient (Wildman–Crippen LogP) is 0.547. The van der Waals surface area contributed by atoms with Crippen molar-refractivity contribution in [3.63, 3.8) is 0 Å². The van der Waals surface area contributed by atoms with E-state index in [4.69, 9.17) is 10.8 Å². The smallest absolute Gasteiger partial charge is 0.323 e. The summed E-state index contributed by atoms with van der Waals surface area (Å²) in [7, 11) is 3.81. The Hall–Kier alpha value is -2.08. The third-order valence-corrected chi connectivity index (χ3v) is 2.90. The number of aryl methyl sites for hydroxylation is 1. The molecular weight excluding hydrogens is 258 g/mol. The van der Waals surface area contributed by atoms with Gasteiger partial charge in [-0.1, -0.05) is 6.07 Å². The van der Waals surface area contributed by atoms with Gasteiger partial charge in [0.2, 0.25) is 0 Å². The topological polar surface area (TPSA) is 86.9 Å². The Balaban J connectivity index is 3.13. The zero-order chi connectivity index (χ0) is 15.3. The summed E-state index contributed by atoms with van der Waals surface area (Å²) >= 11 is 0. The summed E-state index contributed by atoms with van der Waals surface area (Å²) in [6.45, 7) is 2.90. The van der Waals surface area contributed by atoms with Crippen LogP contribution in [-0.2, 0) is 4.79 Å². The molecular formula is C14H21N3O3. The summed E-state index contributed by atoms with van der Waals surface area (Å²) in [6, 6.07) is 5.21. The van der Waals surface area contributed by atoms with Crippen LogP contribution in [0, 0.1) is 6.92 Å². The summed E-state index contributed by atoms with van der Waals surface area (Å²) in [5.74, 6) is -1.50. The predicted molar refractivity (Wildman–Crippen MR) is 78.1 cm³/mol. The van der Waals surface area contributed by atoms with Gasteiger partial charge in [-0.3, -0.25) is 9.59 Å². The zero-order valence-electron chi connectivity index (χ0n) is 12.1. The zero-order valence-corrected chi connectivity index (χ0v) is 12.1. The lowest BCUT2D eigenvalue weighted by molar-refractivity contribution is -0.135. The number of nitrogens with zero attached hydrogens (tertiary/aromatic N) is 2. The summed E-state index contributed by atoms with van der Waals surface area (Å²) in [6.07, 6.45) is 0. The lowest BCUT2D eigenvalue weighted by Crippen LogP contribution is -2.37. The van der Waals surface area contributed by atoms with Crippen molar-refractivity contribution >= 4 is 17.6 Å². The maximum absolute atomic E-state index is 11.5. The van der Waals surface area contributed by atoms with Crippen molar-refractivity contribution in [1.82, 2.24) is 4.90 Å². The number of hydrogen-bond acceptors (Lipinski definition) is 4. The SMILES string of the molecule is Cc1ccc(C(N)=O)c(N(CCN(C)C)CC(=O)O)c1. The largest absolute Gasteiger partial charge is 0.480 e. The molecule has 0 spiro atoms. The van der Waals surface area contributed by atoms with Gasteiger partial charge in [0.25, 0.3) is 5.91 Å². The molecule has 0 radical (unpaired) electrons. The molecule has 0 unspecified atom stereocenters. The Bertz CT molecular complexity index is 500. The molecule has 20 heavy (non-hydrogen) atoms. The second kappa shape index (κ2) is 6.91. The summed E-state index contributed by atoms with van der Waals surface area (Å²) in [4.78, 5) is 26.1. The molecule has 1 aromatic carbocycles. The number of carbonyl (C=O) groups is 2. The first-order chi connectivity index (χ1) is 9.31. The molecule has 3 N–H and O–H groups in total. The van der Waals surface area contributed by atoms with E-state index in [-0.39, 0.29) is 6.54 Å². The van der Waals surface area contributed by atoms with Crippen molar-refractivity contribution < 1.29 is 14.7 Å². The molecule has 110 valence electrons. The van der Waals surface area contributed by atoms with Gasteiger partial charge in [0.15, 0.2) is 0 Å². The average Bonchev–Trinajstić information content (AvgIpc) is 2.33. The Morgan fingerprint density at radius 3 is 2.40 bits per heavy atom. The van der Waals surface area contributed by atoms with Crippen molar-refractivity contribution in [3.05, 3.63) is 29.3 Å². The lowest BCUT2D eigenvalue weighted by atomic mass is 10.1. The fraction of sp³-hybridized carbons (Fsp3) is 0.429. The molecule has 0 aromatic heterocycles. The van der Waals surface area contributed by atoms with Gasteiger partial charge in [0.1, 0.15) is 6.54 Å². The van der Waals surface area contributed by atoms with E-state index in [1.165, 1.54) is 0 Å². The first-order valence-electron chi connectivity index (χ1n) is 6.33. The van der Waals surface area contributed by atoms with Gasteiger partial charge in [0.05, 0.1) is 11.3 Å². The van der Waals surface area contributed by atoms with Crippen molar-refractivity contribution in [1.29, 1.82) is 0 Å². The maximum atomic E-state index is 11.5. The van der Waals surface area contributed by atoms with Gasteiger partial charge in [0, 0.05) is 13.1 Å². The highest BCUT2D eigenvalue weighted by molar-refractivity contribution is 5.99. The van der Waals surface area contributed by atoms with Gasteiger partial charge in [-0.05, 0) is 38.7 Å². The number of carboxylic acids is 1. The molecule has 1 aromatic rings. The van der Waals surface area contributed by atoms with E-state index in [1.54, 1.807) is 23.1 Å². The molecule has 0 fully saturated rings. The first kappa shape index (κ1) is 16.0. The van der Waals surface area contributed by atoms with Crippen LogP contribution in [0.4, 0.5) is 5.69 Å². The molecule has 1 amide bonds. The normalized spacial score (nSPS) is 10.6. The van der Waals surface area contributed by atoms with Gasteiger partial charge >= 0.3 is 5.97 Å². The van der Waals surface area contributed by atoms with E-state index in [1.807, 2.05) is 25.9 Å². The van der Waals surface area contributed by atoms with Crippen LogP contribution < -0.4 is 10.6 Å². The molecule has 1 rings (SSSR count). The van der Waals surface area contributed by atoms with Crippen molar-refractivity contribution in [3.8, 4) is 0 Å². The van der Waals surface area contributed by atoms with E-state index in [0.717, 1.165) is 5.56 Å². The third kappa shape index (κ3) is 4.55. The maximum Gasteiger partial charge on any atom is 0.323 e. The van der Waals surface area contributed by atoms with Gasteiger partial charge in [-0.25, -0.2) is 0 Å². The number of rotatable bonds is 7. The third-order valence-electron chi connectivity index (χ3n) is 2.90. The molecule has 6 heteroatoms. The van der Waals surface area contributed by atoms with E-state index in [9.17, 15) is 9.59 Å². The number of carbonyl (C=O) groups excluding carboxylic acids is 1. The Kier molecular flexibility index (Phi) is 5.52. The Labute approximate surface area is 118 Å². The molecule has 0 atom stereocenters. The second-order valence-corrected chi connectivity index (χ2v) is 5.00. The van der Waals surface area contributed by atoms with Gasteiger partial charge < -0.3 is 20.6 Å². The number of hydrogen-bond donors (Lipinski definition) is 2. The minimum absolute atomic E-state index is 0.169. The van der Waals surface area contributed by atoms with Crippen LogP contribution in [0.15, 0.2) is 18.2 Å². The average molecular weight is 279 g/mol. The van der Waals surface area contributed by atoms with Gasteiger partial charge in [-0.2, -0.15) is 0 Å². The van der Waals surface area contributed by atoms with Crippen molar-refractivity contribution in [2.45, 2.75) is 6.92 Å². The van der Waals surface area contributed by atoms with E-state index >= 15 is 0 Å². The molecule has 0 saturated carbocycles. The van der Waals surface area contributed by atoms with Crippen LogP contribution in [-0.4, -0.2) is 55.6 Å². The quantitative estimate of drug-likeness (QED) is 0.761. The number of aliphatic carboxylic acids is 1. The van der Waals surface area contributed by atoms with E-state index in [0.29, 0.717) is 24.3 Å². The molecule has 0 aliphatic rings. The summed E-state index contributed by atoms with van der Waals surface area (Å²) < 4.78 is 0. The van der Waals surface area contributed by atoms with Crippen LogP contribution >= 0.6 is 0 Å². The number of primary amides is 1. The van der Waals surface area contributed by atoms with Crippen molar-refractivity contribution in [2.75, 3.05) is 38.6 Å². The fourth-order valence-electron chi connectivity index (χ4n) is 1.88. The summed E-state index contributed by atoms with van der Waals surface area (Å²) in [5, 5.41) is 9.04. The Morgan fingerprint density at radius 2 is 1.90 bits per heavy atom. The number of likely N-dealkylation sites (N-methyl/N-ethyl adjacent to an activating group) is 1. The first-order valence-corrected chi connectivity index (χ1v) is 6.33. The number of nitrogens with two attached hydrogens (primary N) is 1. The molecule has 6 nitrogen and oxygen atoms in total. The Morgan fingerprint density at radius 1 is 1.25 bits per heavy atom. The van der Waals surface area contributed by atoms with E-state index < -0.39 is 11.9 Å². The number of carboxylic acid groups (broad SMARTS) is 1. The van der Waals surface area contributed by atoms with Crippen LogP contribution in [0.2, 0.25) is 0 Å². The minimum atomic E-state index is -0.944. The van der Waals surface area contributed by atoms with Gasteiger partial charge in [-0.15, -0.1) is 0 Å². The second-order valence-electron chi connectivity index (χ2n) is 5.00. The number of anilines is 1. The highest BCUT2D eigenvalue weighted by Crippen LogP contribution is 2.22. The van der Waals surface area contributed by atoms with Crippen LogP contribution in [0.25, 0.3) is 0 Å². The molecule has 0 heterocycles. The monoisotopic (exact) mass is 279 g/mol. The fourth-order valence-corrected chi connectivity index (χ4v) is 1.88. The number of benzene rings is 1. The standard InChI is InChI=1S/C14H21N3O3/c1-10-4-5-11(14(15)20)12(8-10)17(9-13(18)19)7-6-16(2)3/h4-5,8H,6-7,9H2,1-3H3,(H2,15,20)(H,18,19). The highest BCUT2D eigenvalue weighted by atomic mass is 16.4. The van der Waals surface area contributed by atoms with Crippen LogP contribution in [0.3, 0.4) is 0 Å². The summed E-state index contributed by atoms with van der Waals surface area (Å²) in [5.41, 5.74) is 7.23. The van der Waals surface area contributed by atoms with Crippen LogP contribution in [0.1, 0.15) is 15.9 Å².